The molecule has 2 aromatic carbocycles. The molecule has 0 amide bonds. The number of fused-ring (bicyclic) bond motifs is 2. The molecular formula is C29H35N3O3S. The number of benzene rings is 2. The van der Waals surface area contributed by atoms with Crippen molar-refractivity contribution in [3.05, 3.63) is 60.0 Å². The largest absolute Gasteiger partial charge is 0.494 e. The van der Waals surface area contributed by atoms with Crippen LogP contribution >= 0.6 is 11.3 Å². The number of unbranched alkanes of at least 4 members (excludes halogenated alkanes) is 1. The van der Waals surface area contributed by atoms with Gasteiger partial charge in [0.25, 0.3) is 0 Å². The van der Waals surface area contributed by atoms with Crippen molar-refractivity contribution in [2.75, 3.05) is 64.6 Å². The lowest BCUT2D eigenvalue weighted by Crippen LogP contribution is -2.46. The summed E-state index contributed by atoms with van der Waals surface area (Å²) in [6.07, 6.45) is 3.04. The number of methoxy groups -OCH3 is 1. The SMILES string of the molecule is COCCCOc1ccc2ccc(OCCCCN3CCN(c4cccc5sccc45)CC3)cc2n1. The molecule has 36 heavy (non-hydrogen) atoms. The van der Waals surface area contributed by atoms with E-state index in [1.54, 1.807) is 7.11 Å². The van der Waals surface area contributed by atoms with Crippen molar-refractivity contribution in [3.8, 4) is 11.6 Å². The van der Waals surface area contributed by atoms with Crippen molar-refractivity contribution in [2.45, 2.75) is 19.3 Å². The molecule has 3 heterocycles. The predicted octanol–water partition coefficient (Wildman–Crippen LogP) is 5.85. The Bertz CT molecular complexity index is 1250. The third-order valence-electron chi connectivity index (χ3n) is 6.70. The van der Waals surface area contributed by atoms with Gasteiger partial charge in [-0.1, -0.05) is 6.07 Å². The lowest BCUT2D eigenvalue weighted by Gasteiger charge is -2.36. The summed E-state index contributed by atoms with van der Waals surface area (Å²) in [6.45, 7) is 7.56. The Morgan fingerprint density at radius 2 is 1.72 bits per heavy atom. The number of rotatable bonds is 12. The number of piperazine rings is 1. The summed E-state index contributed by atoms with van der Waals surface area (Å²) in [5, 5.41) is 4.67. The minimum atomic E-state index is 0.600. The van der Waals surface area contributed by atoms with Crippen LogP contribution in [0, 0.1) is 0 Å². The molecule has 1 saturated heterocycles. The molecule has 5 rings (SSSR count). The minimum absolute atomic E-state index is 0.600. The molecular weight excluding hydrogens is 470 g/mol. The van der Waals surface area contributed by atoms with Gasteiger partial charge in [0.15, 0.2) is 0 Å². The fraction of sp³-hybridized carbons (Fsp3) is 0.414. The summed E-state index contributed by atoms with van der Waals surface area (Å²) in [6, 6.07) is 19.0. The van der Waals surface area contributed by atoms with E-state index in [1.807, 2.05) is 35.6 Å². The number of hydrogen-bond acceptors (Lipinski definition) is 7. The summed E-state index contributed by atoms with van der Waals surface area (Å²) in [4.78, 5) is 9.75. The quantitative estimate of drug-likeness (QED) is 0.225. The van der Waals surface area contributed by atoms with Gasteiger partial charge in [0.2, 0.25) is 5.88 Å². The molecule has 1 aliphatic rings. The Kier molecular flexibility index (Phi) is 8.54. The lowest BCUT2D eigenvalue weighted by atomic mass is 10.2. The van der Waals surface area contributed by atoms with E-state index in [0.29, 0.717) is 19.1 Å². The average molecular weight is 506 g/mol. The molecule has 0 radical (unpaired) electrons. The van der Waals surface area contributed by atoms with Crippen LogP contribution in [0.1, 0.15) is 19.3 Å². The van der Waals surface area contributed by atoms with Crippen molar-refractivity contribution in [2.24, 2.45) is 0 Å². The van der Waals surface area contributed by atoms with E-state index < -0.39 is 0 Å². The summed E-state index contributed by atoms with van der Waals surface area (Å²) < 4.78 is 18.2. The molecule has 1 fully saturated rings. The average Bonchev–Trinajstić information content (AvgIpc) is 3.40. The second-order valence-electron chi connectivity index (χ2n) is 9.19. The van der Waals surface area contributed by atoms with Crippen molar-refractivity contribution >= 4 is 38.0 Å². The molecule has 2 aromatic heterocycles. The first kappa shape index (κ1) is 24.8. The first-order valence-electron chi connectivity index (χ1n) is 12.9. The van der Waals surface area contributed by atoms with Gasteiger partial charge in [0.05, 0.1) is 18.7 Å². The molecule has 190 valence electrons. The van der Waals surface area contributed by atoms with E-state index in [0.717, 1.165) is 75.2 Å². The first-order chi connectivity index (χ1) is 17.8. The van der Waals surface area contributed by atoms with Gasteiger partial charge in [-0.2, -0.15) is 0 Å². The molecule has 1 aliphatic heterocycles. The highest BCUT2D eigenvalue weighted by atomic mass is 32.1. The highest BCUT2D eigenvalue weighted by Gasteiger charge is 2.18. The molecule has 0 saturated carbocycles. The third-order valence-corrected chi connectivity index (χ3v) is 7.59. The molecule has 0 unspecified atom stereocenters. The highest BCUT2D eigenvalue weighted by Crippen LogP contribution is 2.31. The number of nitrogens with zero attached hydrogens (tertiary/aromatic N) is 3. The van der Waals surface area contributed by atoms with Gasteiger partial charge in [-0.25, -0.2) is 4.98 Å². The smallest absolute Gasteiger partial charge is 0.213 e. The zero-order valence-corrected chi connectivity index (χ0v) is 21.8. The normalized spacial score (nSPS) is 14.5. The second kappa shape index (κ2) is 12.4. The molecule has 0 spiro atoms. The van der Waals surface area contributed by atoms with Crippen LogP contribution < -0.4 is 14.4 Å². The first-order valence-corrected chi connectivity index (χ1v) is 13.8. The second-order valence-corrected chi connectivity index (χ2v) is 10.1. The van der Waals surface area contributed by atoms with Crippen molar-refractivity contribution in [3.63, 3.8) is 0 Å². The Morgan fingerprint density at radius 1 is 0.861 bits per heavy atom. The maximum Gasteiger partial charge on any atom is 0.213 e. The standard InChI is InChI=1S/C29H35N3O3S/c1-33-18-5-20-35-29-11-9-23-8-10-24(22-26(23)30-29)34-19-3-2-13-31-14-16-32(17-15-31)27-6-4-7-28-25(27)12-21-36-28/h4,6-12,21-22H,2-3,5,13-20H2,1H3. The number of ether oxygens (including phenoxy) is 3. The fourth-order valence-electron chi connectivity index (χ4n) is 4.72. The van der Waals surface area contributed by atoms with Gasteiger partial charge in [0, 0.05) is 79.6 Å². The molecule has 4 aromatic rings. The Hall–Kier alpha value is -2.87. The Labute approximate surface area is 217 Å². The monoisotopic (exact) mass is 505 g/mol. The van der Waals surface area contributed by atoms with Crippen LogP contribution in [-0.4, -0.2) is 69.5 Å². The van der Waals surface area contributed by atoms with Crippen molar-refractivity contribution < 1.29 is 14.2 Å². The van der Waals surface area contributed by atoms with Crippen LogP contribution in [0.4, 0.5) is 5.69 Å². The molecule has 0 bridgehead atoms. The van der Waals surface area contributed by atoms with Gasteiger partial charge in [0.1, 0.15) is 5.75 Å². The van der Waals surface area contributed by atoms with Crippen LogP contribution in [0.25, 0.3) is 21.0 Å². The van der Waals surface area contributed by atoms with E-state index in [9.17, 15) is 0 Å². The van der Waals surface area contributed by atoms with E-state index in [2.05, 4.69) is 50.5 Å². The minimum Gasteiger partial charge on any atom is -0.494 e. The summed E-state index contributed by atoms with van der Waals surface area (Å²) in [5.74, 6) is 1.51. The highest BCUT2D eigenvalue weighted by molar-refractivity contribution is 7.17. The molecule has 0 aliphatic carbocycles. The van der Waals surface area contributed by atoms with E-state index in [-0.39, 0.29) is 0 Å². The maximum atomic E-state index is 6.04. The van der Waals surface area contributed by atoms with Crippen LogP contribution in [0.2, 0.25) is 0 Å². The van der Waals surface area contributed by atoms with Gasteiger partial charge < -0.3 is 19.1 Å². The topological polar surface area (TPSA) is 47.1 Å². The van der Waals surface area contributed by atoms with Crippen molar-refractivity contribution in [1.29, 1.82) is 0 Å². The number of pyridine rings is 1. The van der Waals surface area contributed by atoms with Crippen LogP contribution in [0.5, 0.6) is 11.6 Å². The molecule has 7 heteroatoms. The number of aromatic nitrogens is 1. The van der Waals surface area contributed by atoms with Crippen LogP contribution in [0.3, 0.4) is 0 Å². The zero-order chi connectivity index (χ0) is 24.6. The van der Waals surface area contributed by atoms with Gasteiger partial charge in [-0.15, -0.1) is 11.3 Å². The number of hydrogen-bond donors (Lipinski definition) is 0. The number of thiophene rings is 1. The lowest BCUT2D eigenvalue weighted by molar-refractivity contribution is 0.170. The fourth-order valence-corrected chi connectivity index (χ4v) is 5.53. The van der Waals surface area contributed by atoms with E-state index in [1.165, 1.54) is 15.8 Å². The third kappa shape index (κ3) is 6.27. The zero-order valence-electron chi connectivity index (χ0n) is 21.0. The maximum absolute atomic E-state index is 6.04. The summed E-state index contributed by atoms with van der Waals surface area (Å²) >= 11 is 1.82. The predicted molar refractivity (Wildman–Crippen MR) is 149 cm³/mol. The Balaban J connectivity index is 1.03. The van der Waals surface area contributed by atoms with Crippen LogP contribution in [0.15, 0.2) is 60.0 Å². The molecule has 0 N–H and O–H groups in total. The van der Waals surface area contributed by atoms with Crippen molar-refractivity contribution in [1.82, 2.24) is 9.88 Å². The van der Waals surface area contributed by atoms with Crippen LogP contribution in [-0.2, 0) is 4.74 Å². The summed E-state index contributed by atoms with van der Waals surface area (Å²) in [7, 11) is 1.70. The van der Waals surface area contributed by atoms with E-state index >= 15 is 0 Å². The van der Waals surface area contributed by atoms with E-state index in [4.69, 9.17) is 14.2 Å². The van der Waals surface area contributed by atoms with Gasteiger partial charge in [-0.05, 0) is 61.2 Å². The molecule has 6 nitrogen and oxygen atoms in total. The van der Waals surface area contributed by atoms with Gasteiger partial charge >= 0.3 is 0 Å². The summed E-state index contributed by atoms with van der Waals surface area (Å²) in [5.41, 5.74) is 2.28. The molecule has 0 atom stereocenters. The van der Waals surface area contributed by atoms with Gasteiger partial charge in [-0.3, -0.25) is 4.90 Å². The Morgan fingerprint density at radius 3 is 2.61 bits per heavy atom. The number of anilines is 1.